The van der Waals surface area contributed by atoms with Crippen LogP contribution < -0.4 is 5.32 Å². The van der Waals surface area contributed by atoms with Gasteiger partial charge in [0.25, 0.3) is 0 Å². The van der Waals surface area contributed by atoms with Crippen LogP contribution in [0.5, 0.6) is 0 Å². The lowest BCUT2D eigenvalue weighted by molar-refractivity contribution is -0.125. The Balaban J connectivity index is 2.13. The van der Waals surface area contributed by atoms with Crippen molar-refractivity contribution in [1.29, 1.82) is 0 Å². The van der Waals surface area contributed by atoms with Crippen molar-refractivity contribution < 1.29 is 4.79 Å². The molecule has 0 saturated heterocycles. The molecule has 0 atom stereocenters. The maximum atomic E-state index is 11.4. The predicted molar refractivity (Wildman–Crippen MR) is 58.0 cm³/mol. The standard InChI is InChI=1S/C11H22N2O/c1-8(2)11(14)12-10-5-9(6-10)7-13(3)4/h8-10H,5-7H2,1-4H3,(H,12,14). The van der Waals surface area contributed by atoms with Gasteiger partial charge >= 0.3 is 0 Å². The van der Waals surface area contributed by atoms with Gasteiger partial charge < -0.3 is 10.2 Å². The topological polar surface area (TPSA) is 32.3 Å². The van der Waals surface area contributed by atoms with Gasteiger partial charge in [-0.15, -0.1) is 0 Å². The highest BCUT2D eigenvalue weighted by Gasteiger charge is 2.30. The molecule has 1 amide bonds. The van der Waals surface area contributed by atoms with Crippen molar-refractivity contribution in [2.24, 2.45) is 11.8 Å². The molecule has 0 aromatic rings. The molecule has 0 unspecified atom stereocenters. The molecule has 1 N–H and O–H groups in total. The van der Waals surface area contributed by atoms with Gasteiger partial charge in [-0.1, -0.05) is 13.8 Å². The quantitative estimate of drug-likeness (QED) is 0.733. The predicted octanol–water partition coefficient (Wildman–Crippen LogP) is 1.10. The lowest BCUT2D eigenvalue weighted by Crippen LogP contribution is -2.48. The van der Waals surface area contributed by atoms with E-state index in [-0.39, 0.29) is 11.8 Å². The fourth-order valence-corrected chi connectivity index (χ4v) is 1.89. The van der Waals surface area contributed by atoms with Crippen LogP contribution in [0.2, 0.25) is 0 Å². The number of hydrogen-bond acceptors (Lipinski definition) is 2. The summed E-state index contributed by atoms with van der Waals surface area (Å²) in [5, 5.41) is 3.06. The maximum absolute atomic E-state index is 11.4. The average Bonchev–Trinajstić information content (AvgIpc) is 1.99. The van der Waals surface area contributed by atoms with E-state index in [0.717, 1.165) is 25.3 Å². The van der Waals surface area contributed by atoms with Crippen LogP contribution in [0.15, 0.2) is 0 Å². The Morgan fingerprint density at radius 2 is 2.00 bits per heavy atom. The highest BCUT2D eigenvalue weighted by atomic mass is 16.1. The van der Waals surface area contributed by atoms with Crippen molar-refractivity contribution in [3.05, 3.63) is 0 Å². The molecule has 3 heteroatoms. The lowest BCUT2D eigenvalue weighted by atomic mass is 9.80. The van der Waals surface area contributed by atoms with Crippen LogP contribution in [-0.4, -0.2) is 37.5 Å². The Kier molecular flexibility index (Phi) is 3.93. The molecule has 0 aromatic carbocycles. The summed E-state index contributed by atoms with van der Waals surface area (Å²) in [7, 11) is 4.19. The van der Waals surface area contributed by atoms with Gasteiger partial charge in [0.05, 0.1) is 0 Å². The van der Waals surface area contributed by atoms with Gasteiger partial charge in [0.2, 0.25) is 5.91 Å². The largest absolute Gasteiger partial charge is 0.353 e. The number of carbonyl (C=O) groups is 1. The minimum Gasteiger partial charge on any atom is -0.353 e. The zero-order valence-corrected chi connectivity index (χ0v) is 9.71. The monoisotopic (exact) mass is 198 g/mol. The first-order chi connectivity index (χ1) is 6.49. The molecule has 0 aromatic heterocycles. The van der Waals surface area contributed by atoms with Crippen LogP contribution in [0, 0.1) is 11.8 Å². The van der Waals surface area contributed by atoms with Crippen molar-refractivity contribution in [3.63, 3.8) is 0 Å². The maximum Gasteiger partial charge on any atom is 0.222 e. The minimum atomic E-state index is 0.114. The fourth-order valence-electron chi connectivity index (χ4n) is 1.89. The first kappa shape index (κ1) is 11.5. The second-order valence-corrected chi connectivity index (χ2v) is 4.96. The van der Waals surface area contributed by atoms with Gasteiger partial charge in [-0.05, 0) is 32.9 Å². The minimum absolute atomic E-state index is 0.114. The smallest absolute Gasteiger partial charge is 0.222 e. The second kappa shape index (κ2) is 4.78. The molecule has 1 fully saturated rings. The van der Waals surface area contributed by atoms with E-state index >= 15 is 0 Å². The van der Waals surface area contributed by atoms with Crippen LogP contribution in [0.3, 0.4) is 0 Å². The number of carbonyl (C=O) groups excluding carboxylic acids is 1. The molecule has 3 nitrogen and oxygen atoms in total. The third-order valence-electron chi connectivity index (χ3n) is 2.73. The van der Waals surface area contributed by atoms with Crippen molar-refractivity contribution in [1.82, 2.24) is 10.2 Å². The average molecular weight is 198 g/mol. The molecule has 0 bridgehead atoms. The van der Waals surface area contributed by atoms with E-state index in [9.17, 15) is 4.79 Å². The normalized spacial score (nSPS) is 26.4. The van der Waals surface area contributed by atoms with Crippen molar-refractivity contribution in [3.8, 4) is 0 Å². The zero-order valence-electron chi connectivity index (χ0n) is 9.71. The molecule has 0 spiro atoms. The molecule has 1 aliphatic carbocycles. The van der Waals surface area contributed by atoms with Crippen molar-refractivity contribution >= 4 is 5.91 Å². The Bertz CT molecular complexity index is 195. The molecule has 0 heterocycles. The molecular formula is C11H22N2O. The van der Waals surface area contributed by atoms with Gasteiger partial charge in [0.15, 0.2) is 0 Å². The van der Waals surface area contributed by atoms with E-state index in [0.29, 0.717) is 6.04 Å². The molecule has 82 valence electrons. The molecule has 14 heavy (non-hydrogen) atoms. The van der Waals surface area contributed by atoms with Gasteiger partial charge in [-0.3, -0.25) is 4.79 Å². The van der Waals surface area contributed by atoms with Gasteiger partial charge in [0.1, 0.15) is 0 Å². The van der Waals surface area contributed by atoms with E-state index in [4.69, 9.17) is 0 Å². The van der Waals surface area contributed by atoms with Crippen LogP contribution in [0.4, 0.5) is 0 Å². The number of hydrogen-bond donors (Lipinski definition) is 1. The summed E-state index contributed by atoms with van der Waals surface area (Å²) >= 11 is 0. The van der Waals surface area contributed by atoms with E-state index in [1.807, 2.05) is 13.8 Å². The Labute approximate surface area is 86.9 Å². The van der Waals surface area contributed by atoms with Crippen LogP contribution in [-0.2, 0) is 4.79 Å². The highest BCUT2D eigenvalue weighted by Crippen LogP contribution is 2.27. The molecule has 0 radical (unpaired) electrons. The number of nitrogens with one attached hydrogen (secondary N) is 1. The summed E-state index contributed by atoms with van der Waals surface area (Å²) < 4.78 is 0. The highest BCUT2D eigenvalue weighted by molar-refractivity contribution is 5.78. The van der Waals surface area contributed by atoms with Crippen molar-refractivity contribution in [2.45, 2.75) is 32.7 Å². The van der Waals surface area contributed by atoms with Gasteiger partial charge in [-0.2, -0.15) is 0 Å². The Morgan fingerprint density at radius 1 is 1.43 bits per heavy atom. The first-order valence-electron chi connectivity index (χ1n) is 5.44. The van der Waals surface area contributed by atoms with E-state index in [1.165, 1.54) is 0 Å². The third kappa shape index (κ3) is 3.29. The van der Waals surface area contributed by atoms with Crippen LogP contribution in [0.1, 0.15) is 26.7 Å². The fraction of sp³-hybridized carbons (Fsp3) is 0.909. The summed E-state index contributed by atoms with van der Waals surface area (Å²) in [5.74, 6) is 1.09. The van der Waals surface area contributed by atoms with Crippen molar-refractivity contribution in [2.75, 3.05) is 20.6 Å². The summed E-state index contributed by atoms with van der Waals surface area (Å²) in [6, 6.07) is 0.440. The Morgan fingerprint density at radius 3 is 2.43 bits per heavy atom. The molecule has 1 aliphatic rings. The second-order valence-electron chi connectivity index (χ2n) is 4.96. The molecular weight excluding hydrogens is 176 g/mol. The number of rotatable bonds is 4. The summed E-state index contributed by atoms with van der Waals surface area (Å²) in [6.45, 7) is 5.02. The summed E-state index contributed by atoms with van der Waals surface area (Å²) in [4.78, 5) is 13.6. The van der Waals surface area contributed by atoms with Gasteiger partial charge in [-0.25, -0.2) is 0 Å². The molecule has 0 aliphatic heterocycles. The zero-order chi connectivity index (χ0) is 10.7. The van der Waals surface area contributed by atoms with Crippen LogP contribution in [0.25, 0.3) is 0 Å². The van der Waals surface area contributed by atoms with E-state index in [2.05, 4.69) is 24.3 Å². The molecule has 1 saturated carbocycles. The van der Waals surface area contributed by atoms with E-state index in [1.54, 1.807) is 0 Å². The summed E-state index contributed by atoms with van der Waals surface area (Å²) in [6.07, 6.45) is 2.30. The molecule has 1 rings (SSSR count). The third-order valence-corrected chi connectivity index (χ3v) is 2.73. The SMILES string of the molecule is CC(C)C(=O)NC1CC(CN(C)C)C1. The lowest BCUT2D eigenvalue weighted by Gasteiger charge is -2.37. The first-order valence-corrected chi connectivity index (χ1v) is 5.44. The number of nitrogens with zero attached hydrogens (tertiary/aromatic N) is 1. The summed E-state index contributed by atoms with van der Waals surface area (Å²) in [5.41, 5.74) is 0. The number of amides is 1. The van der Waals surface area contributed by atoms with E-state index < -0.39 is 0 Å². The van der Waals surface area contributed by atoms with Crippen LogP contribution >= 0.6 is 0 Å². The Hall–Kier alpha value is -0.570. The van der Waals surface area contributed by atoms with Gasteiger partial charge in [0, 0.05) is 18.5 Å².